The van der Waals surface area contributed by atoms with E-state index >= 15 is 0 Å². The zero-order valence-corrected chi connectivity index (χ0v) is 14.4. The molecule has 3 amide bonds. The van der Waals surface area contributed by atoms with E-state index in [-0.39, 0.29) is 36.6 Å². The predicted octanol–water partition coefficient (Wildman–Crippen LogP) is 0.686. The number of benzene rings is 1. The highest BCUT2D eigenvalue weighted by molar-refractivity contribution is 6.03. The molecular weight excluding hydrogens is 328 g/mol. The molecule has 2 saturated heterocycles. The number of carbonyl (C=O) groups is 3. The molecule has 3 rings (SSSR count). The van der Waals surface area contributed by atoms with E-state index in [9.17, 15) is 14.4 Å². The molecule has 134 valence electrons. The maximum atomic E-state index is 12.7. The maximum Gasteiger partial charge on any atom is 0.254 e. The lowest BCUT2D eigenvalue weighted by molar-refractivity contribution is -0.144. The molecule has 0 spiro atoms. The van der Waals surface area contributed by atoms with Crippen LogP contribution < -0.4 is 14.2 Å². The number of amides is 3. The van der Waals surface area contributed by atoms with Crippen LogP contribution in [0.25, 0.3) is 0 Å². The van der Waals surface area contributed by atoms with Crippen LogP contribution in [0, 0.1) is 0 Å². The minimum Gasteiger partial charge on any atom is -0.493 e. The van der Waals surface area contributed by atoms with Crippen LogP contribution in [0.3, 0.4) is 0 Å². The van der Waals surface area contributed by atoms with Gasteiger partial charge in [0.05, 0.1) is 27.4 Å². The number of methoxy groups -OCH3 is 3. The molecule has 8 heteroatoms. The van der Waals surface area contributed by atoms with Crippen LogP contribution in [0.1, 0.15) is 23.2 Å². The second kappa shape index (κ2) is 6.62. The third kappa shape index (κ3) is 2.88. The number of rotatable bonds is 5. The largest absolute Gasteiger partial charge is 0.493 e. The van der Waals surface area contributed by atoms with Crippen molar-refractivity contribution in [3.05, 3.63) is 17.7 Å². The van der Waals surface area contributed by atoms with E-state index in [1.54, 1.807) is 17.0 Å². The van der Waals surface area contributed by atoms with Crippen LogP contribution in [-0.4, -0.2) is 68.0 Å². The Kier molecular flexibility index (Phi) is 4.52. The van der Waals surface area contributed by atoms with Crippen LogP contribution in [0.5, 0.6) is 17.2 Å². The second-order valence-corrected chi connectivity index (χ2v) is 5.94. The average Bonchev–Trinajstić information content (AvgIpc) is 2.91. The van der Waals surface area contributed by atoms with Gasteiger partial charge in [0.15, 0.2) is 11.5 Å². The molecule has 2 heterocycles. The molecule has 25 heavy (non-hydrogen) atoms. The lowest BCUT2D eigenvalue weighted by atomic mass is 10.0. The van der Waals surface area contributed by atoms with Crippen LogP contribution in [0.4, 0.5) is 0 Å². The van der Waals surface area contributed by atoms with Crippen molar-refractivity contribution >= 4 is 17.7 Å². The van der Waals surface area contributed by atoms with Crippen LogP contribution >= 0.6 is 0 Å². The molecule has 1 aromatic carbocycles. The molecule has 1 aromatic rings. The number of likely N-dealkylation sites (tertiary alicyclic amines) is 2. The van der Waals surface area contributed by atoms with Crippen LogP contribution in [-0.2, 0) is 9.59 Å². The summed E-state index contributed by atoms with van der Waals surface area (Å²) >= 11 is 0. The average molecular weight is 348 g/mol. The highest BCUT2D eigenvalue weighted by Gasteiger charge is 2.43. The van der Waals surface area contributed by atoms with Gasteiger partial charge in [-0.3, -0.25) is 19.3 Å². The molecular formula is C17H20N2O6. The number of ether oxygens (including phenoxy) is 3. The monoisotopic (exact) mass is 348 g/mol. The van der Waals surface area contributed by atoms with Gasteiger partial charge in [0.25, 0.3) is 5.91 Å². The number of hydrogen-bond acceptors (Lipinski definition) is 6. The first-order valence-corrected chi connectivity index (χ1v) is 7.94. The molecule has 0 radical (unpaired) electrons. The molecule has 8 nitrogen and oxygen atoms in total. The van der Waals surface area contributed by atoms with Crippen molar-refractivity contribution in [3.8, 4) is 17.2 Å². The molecule has 2 aliphatic heterocycles. The van der Waals surface area contributed by atoms with Crippen molar-refractivity contribution in [3.63, 3.8) is 0 Å². The zero-order valence-electron chi connectivity index (χ0n) is 14.4. The highest BCUT2D eigenvalue weighted by Crippen LogP contribution is 2.38. The Morgan fingerprint density at radius 2 is 1.48 bits per heavy atom. The molecule has 0 aliphatic carbocycles. The summed E-state index contributed by atoms with van der Waals surface area (Å²) in [5.74, 6) is 0.676. The molecule has 0 bridgehead atoms. The Balaban J connectivity index is 1.74. The summed E-state index contributed by atoms with van der Waals surface area (Å²) in [5, 5.41) is 0. The van der Waals surface area contributed by atoms with Crippen molar-refractivity contribution in [1.82, 2.24) is 9.80 Å². The van der Waals surface area contributed by atoms with Gasteiger partial charge >= 0.3 is 0 Å². The third-order valence-corrected chi connectivity index (χ3v) is 4.52. The van der Waals surface area contributed by atoms with E-state index in [1.165, 1.54) is 26.2 Å². The van der Waals surface area contributed by atoms with Crippen molar-refractivity contribution in [2.24, 2.45) is 0 Å². The normalized spacial score (nSPS) is 17.6. The Hall–Kier alpha value is -2.77. The van der Waals surface area contributed by atoms with Gasteiger partial charge in [0.1, 0.15) is 0 Å². The molecule has 2 fully saturated rings. The van der Waals surface area contributed by atoms with Gasteiger partial charge in [-0.15, -0.1) is 0 Å². The van der Waals surface area contributed by atoms with E-state index in [4.69, 9.17) is 14.2 Å². The Bertz CT molecular complexity index is 685. The van der Waals surface area contributed by atoms with E-state index in [0.717, 1.165) is 0 Å². The lowest BCUT2D eigenvalue weighted by Gasteiger charge is -2.43. The number of hydrogen-bond donors (Lipinski definition) is 0. The van der Waals surface area contributed by atoms with Crippen molar-refractivity contribution in [2.45, 2.75) is 18.9 Å². The van der Waals surface area contributed by atoms with Gasteiger partial charge < -0.3 is 19.1 Å². The summed E-state index contributed by atoms with van der Waals surface area (Å²) in [6.07, 6.45) is 0.520. The van der Waals surface area contributed by atoms with Gasteiger partial charge in [-0.25, -0.2) is 0 Å². The van der Waals surface area contributed by atoms with Gasteiger partial charge in [-0.05, 0) is 12.1 Å². The first kappa shape index (κ1) is 17.1. The van der Waals surface area contributed by atoms with Gasteiger partial charge in [0.2, 0.25) is 17.6 Å². The smallest absolute Gasteiger partial charge is 0.254 e. The molecule has 0 atom stereocenters. The standard InChI is InChI=1S/C17H20N2O6/c1-23-12-6-10(7-13(24-2)16(12)25-3)17(22)18-8-11(9-18)19-14(20)4-5-15(19)21/h6-7,11H,4-5,8-9H2,1-3H3. The summed E-state index contributed by atoms with van der Waals surface area (Å²) in [7, 11) is 4.46. The van der Waals surface area contributed by atoms with Gasteiger partial charge in [-0.1, -0.05) is 0 Å². The number of carbonyl (C=O) groups excluding carboxylic acids is 3. The van der Waals surface area contributed by atoms with Crippen molar-refractivity contribution in [2.75, 3.05) is 34.4 Å². The van der Waals surface area contributed by atoms with E-state index in [1.807, 2.05) is 0 Å². The summed E-state index contributed by atoms with van der Waals surface area (Å²) in [4.78, 5) is 39.1. The van der Waals surface area contributed by atoms with Crippen LogP contribution in [0.2, 0.25) is 0 Å². The first-order chi connectivity index (χ1) is 12.0. The summed E-state index contributed by atoms with van der Waals surface area (Å²) in [5.41, 5.74) is 0.395. The fourth-order valence-corrected chi connectivity index (χ4v) is 3.17. The van der Waals surface area contributed by atoms with Crippen LogP contribution in [0.15, 0.2) is 12.1 Å². The summed E-state index contributed by atoms with van der Waals surface area (Å²) in [6.45, 7) is 0.681. The van der Waals surface area contributed by atoms with Gasteiger partial charge in [0, 0.05) is 31.5 Å². The maximum absolute atomic E-state index is 12.7. The highest BCUT2D eigenvalue weighted by atomic mass is 16.5. The van der Waals surface area contributed by atoms with Crippen molar-refractivity contribution < 1.29 is 28.6 Å². The van der Waals surface area contributed by atoms with E-state index in [0.29, 0.717) is 35.9 Å². The fraction of sp³-hybridized carbons (Fsp3) is 0.471. The Morgan fingerprint density at radius 1 is 0.960 bits per heavy atom. The second-order valence-electron chi connectivity index (χ2n) is 5.94. The number of nitrogens with zero attached hydrogens (tertiary/aromatic N) is 2. The van der Waals surface area contributed by atoms with E-state index in [2.05, 4.69) is 0 Å². The molecule has 2 aliphatic rings. The predicted molar refractivity (Wildman–Crippen MR) is 86.9 cm³/mol. The van der Waals surface area contributed by atoms with E-state index < -0.39 is 0 Å². The first-order valence-electron chi connectivity index (χ1n) is 7.94. The number of imide groups is 1. The fourth-order valence-electron chi connectivity index (χ4n) is 3.17. The molecule has 0 saturated carbocycles. The Labute approximate surface area is 145 Å². The van der Waals surface area contributed by atoms with Crippen molar-refractivity contribution in [1.29, 1.82) is 0 Å². The Morgan fingerprint density at radius 3 is 1.92 bits per heavy atom. The minimum absolute atomic E-state index is 0.158. The zero-order chi connectivity index (χ0) is 18.1. The molecule has 0 unspecified atom stereocenters. The third-order valence-electron chi connectivity index (χ3n) is 4.52. The van der Waals surface area contributed by atoms with Gasteiger partial charge in [-0.2, -0.15) is 0 Å². The SMILES string of the molecule is COc1cc(C(=O)N2CC(N3C(=O)CCC3=O)C2)cc(OC)c1OC. The minimum atomic E-state index is -0.228. The molecule has 0 N–H and O–H groups in total. The quantitative estimate of drug-likeness (QED) is 0.728. The summed E-state index contributed by atoms with van der Waals surface area (Å²) in [6, 6.07) is 2.94. The topological polar surface area (TPSA) is 85.4 Å². The lowest BCUT2D eigenvalue weighted by Crippen LogP contribution is -2.62. The summed E-state index contributed by atoms with van der Waals surface area (Å²) < 4.78 is 15.8. The molecule has 0 aromatic heterocycles.